The fraction of sp³-hybridized carbons (Fsp3) is 0.440. The van der Waals surface area contributed by atoms with E-state index < -0.39 is 6.09 Å². The standard InChI is InChI=1S/C25H29FN4O3/c1-32-25(31)28-21(17-33-24-10-4-18(12-27)5-11-24)14-30-22-8-9-23(30)16-29(15-22)13-19-2-6-20(26)7-3-19/h2-7,10-11,21-23H,8-9,13-17H2,1H3,(H,28,31)/t21-,22?,23?/m0/s1. The Morgan fingerprint density at radius 1 is 1.15 bits per heavy atom. The summed E-state index contributed by atoms with van der Waals surface area (Å²) in [6.07, 6.45) is 1.75. The molecule has 2 fully saturated rings. The lowest BCUT2D eigenvalue weighted by Gasteiger charge is -2.42. The average molecular weight is 453 g/mol. The molecule has 1 N–H and O–H groups in total. The molecule has 0 radical (unpaired) electrons. The van der Waals surface area contributed by atoms with Crippen molar-refractivity contribution in [1.29, 1.82) is 5.26 Å². The molecule has 8 heteroatoms. The zero-order chi connectivity index (χ0) is 23.2. The molecule has 7 nitrogen and oxygen atoms in total. The molecule has 0 saturated carbocycles. The molecule has 1 amide bonds. The van der Waals surface area contributed by atoms with Gasteiger partial charge in [-0.2, -0.15) is 5.26 Å². The fourth-order valence-corrected chi connectivity index (χ4v) is 4.80. The maximum atomic E-state index is 13.2. The minimum Gasteiger partial charge on any atom is -0.491 e. The maximum Gasteiger partial charge on any atom is 0.407 e. The van der Waals surface area contributed by atoms with Gasteiger partial charge in [-0.05, 0) is 54.8 Å². The molecule has 2 aromatic carbocycles. The number of alkyl carbamates (subject to hydrolysis) is 1. The molecule has 4 rings (SSSR count). The van der Waals surface area contributed by atoms with Crippen LogP contribution in [0.2, 0.25) is 0 Å². The van der Waals surface area contributed by atoms with E-state index in [1.54, 1.807) is 24.3 Å². The number of rotatable bonds is 8. The lowest BCUT2D eigenvalue weighted by atomic mass is 10.1. The van der Waals surface area contributed by atoms with Crippen LogP contribution in [0, 0.1) is 17.1 Å². The molecule has 0 aliphatic carbocycles. The fourth-order valence-electron chi connectivity index (χ4n) is 4.80. The van der Waals surface area contributed by atoms with Crippen LogP contribution < -0.4 is 10.1 Å². The van der Waals surface area contributed by atoms with Gasteiger partial charge in [0.25, 0.3) is 0 Å². The van der Waals surface area contributed by atoms with E-state index in [1.807, 2.05) is 12.1 Å². The van der Waals surface area contributed by atoms with Crippen molar-refractivity contribution in [3.05, 3.63) is 65.5 Å². The highest BCUT2D eigenvalue weighted by molar-refractivity contribution is 5.67. The molecule has 2 unspecified atom stereocenters. The van der Waals surface area contributed by atoms with Crippen LogP contribution in [0.4, 0.5) is 9.18 Å². The summed E-state index contributed by atoms with van der Waals surface area (Å²) in [7, 11) is 1.35. The first-order valence-corrected chi connectivity index (χ1v) is 11.2. The Balaban J connectivity index is 1.36. The van der Waals surface area contributed by atoms with Crippen LogP contribution in [0.1, 0.15) is 24.0 Å². The van der Waals surface area contributed by atoms with E-state index in [1.165, 1.54) is 19.2 Å². The van der Waals surface area contributed by atoms with Crippen molar-refractivity contribution in [1.82, 2.24) is 15.1 Å². The van der Waals surface area contributed by atoms with Crippen LogP contribution in [-0.4, -0.2) is 67.4 Å². The second kappa shape index (κ2) is 10.6. The van der Waals surface area contributed by atoms with Crippen molar-refractivity contribution in [3.8, 4) is 11.8 Å². The van der Waals surface area contributed by atoms with Crippen molar-refractivity contribution >= 4 is 6.09 Å². The molecule has 33 heavy (non-hydrogen) atoms. The number of likely N-dealkylation sites (tertiary alicyclic amines) is 1. The van der Waals surface area contributed by atoms with E-state index in [0.717, 1.165) is 38.0 Å². The van der Waals surface area contributed by atoms with E-state index in [9.17, 15) is 9.18 Å². The molecule has 3 atom stereocenters. The van der Waals surface area contributed by atoms with Crippen LogP contribution >= 0.6 is 0 Å². The lowest BCUT2D eigenvalue weighted by Crippen LogP contribution is -2.57. The van der Waals surface area contributed by atoms with Crippen LogP contribution in [0.15, 0.2) is 48.5 Å². The summed E-state index contributed by atoms with van der Waals surface area (Å²) >= 11 is 0. The molecule has 0 aromatic heterocycles. The second-order valence-corrected chi connectivity index (χ2v) is 8.68. The zero-order valence-electron chi connectivity index (χ0n) is 18.7. The number of carbonyl (C=O) groups excluding carboxylic acids is 1. The van der Waals surface area contributed by atoms with Gasteiger partial charge in [0, 0.05) is 38.3 Å². The van der Waals surface area contributed by atoms with Crippen LogP contribution in [-0.2, 0) is 11.3 Å². The van der Waals surface area contributed by atoms with Crippen molar-refractivity contribution in [3.63, 3.8) is 0 Å². The van der Waals surface area contributed by atoms with Gasteiger partial charge in [-0.1, -0.05) is 12.1 Å². The van der Waals surface area contributed by atoms with E-state index >= 15 is 0 Å². The average Bonchev–Trinajstić information content (AvgIpc) is 3.06. The summed E-state index contributed by atoms with van der Waals surface area (Å²) < 4.78 is 23.9. The van der Waals surface area contributed by atoms with E-state index in [-0.39, 0.29) is 11.9 Å². The number of nitriles is 1. The molecule has 2 aromatic rings. The Bertz CT molecular complexity index is 963. The Labute approximate surface area is 193 Å². The zero-order valence-corrected chi connectivity index (χ0v) is 18.7. The second-order valence-electron chi connectivity index (χ2n) is 8.68. The van der Waals surface area contributed by atoms with Crippen LogP contribution in [0.25, 0.3) is 0 Å². The van der Waals surface area contributed by atoms with E-state index in [2.05, 4.69) is 21.2 Å². The summed E-state index contributed by atoms with van der Waals surface area (Å²) in [6, 6.07) is 16.3. The van der Waals surface area contributed by atoms with Crippen molar-refractivity contribution in [2.24, 2.45) is 0 Å². The first-order valence-electron chi connectivity index (χ1n) is 11.2. The number of methoxy groups -OCH3 is 1. The van der Waals surface area contributed by atoms with Gasteiger partial charge in [0.15, 0.2) is 0 Å². The molecule has 2 aliphatic rings. The van der Waals surface area contributed by atoms with Gasteiger partial charge < -0.3 is 14.8 Å². The van der Waals surface area contributed by atoms with Crippen molar-refractivity contribution in [2.45, 2.75) is 37.5 Å². The van der Waals surface area contributed by atoms with Gasteiger partial charge in [-0.3, -0.25) is 9.80 Å². The number of nitrogens with one attached hydrogen (secondary N) is 1. The number of benzene rings is 2. The summed E-state index contributed by atoms with van der Waals surface area (Å²) in [6.45, 7) is 3.67. The number of ether oxygens (including phenoxy) is 2. The number of nitrogens with zero attached hydrogens (tertiary/aromatic N) is 3. The topological polar surface area (TPSA) is 77.8 Å². The maximum absolute atomic E-state index is 13.2. The molecular weight excluding hydrogens is 423 g/mol. The number of fused-ring (bicyclic) bond motifs is 2. The molecule has 174 valence electrons. The minimum atomic E-state index is -0.481. The number of amides is 1. The Morgan fingerprint density at radius 3 is 2.42 bits per heavy atom. The summed E-state index contributed by atoms with van der Waals surface area (Å²) in [5.74, 6) is 0.439. The highest BCUT2D eigenvalue weighted by Crippen LogP contribution is 2.31. The smallest absolute Gasteiger partial charge is 0.407 e. The summed E-state index contributed by atoms with van der Waals surface area (Å²) in [4.78, 5) is 16.8. The molecule has 0 spiro atoms. The Morgan fingerprint density at radius 2 is 1.82 bits per heavy atom. The lowest BCUT2D eigenvalue weighted by molar-refractivity contribution is 0.0491. The number of piperazine rings is 1. The third kappa shape index (κ3) is 6.01. The molecule has 2 bridgehead atoms. The van der Waals surface area contributed by atoms with Crippen molar-refractivity contribution in [2.75, 3.05) is 33.4 Å². The summed E-state index contributed by atoms with van der Waals surface area (Å²) in [5, 5.41) is 11.8. The highest BCUT2D eigenvalue weighted by Gasteiger charge is 2.40. The Kier molecular flexibility index (Phi) is 7.43. The van der Waals surface area contributed by atoms with E-state index in [4.69, 9.17) is 14.7 Å². The Hall–Kier alpha value is -3.15. The van der Waals surface area contributed by atoms with Gasteiger partial charge in [0.2, 0.25) is 0 Å². The van der Waals surface area contributed by atoms with Gasteiger partial charge in [-0.25, -0.2) is 9.18 Å². The number of hydrogen-bond donors (Lipinski definition) is 1. The predicted molar refractivity (Wildman–Crippen MR) is 121 cm³/mol. The largest absolute Gasteiger partial charge is 0.491 e. The third-order valence-corrected chi connectivity index (χ3v) is 6.40. The van der Waals surface area contributed by atoms with Crippen LogP contribution in [0.5, 0.6) is 5.75 Å². The molecule has 2 heterocycles. The van der Waals surface area contributed by atoms with Gasteiger partial charge in [0.05, 0.1) is 24.8 Å². The highest BCUT2D eigenvalue weighted by atomic mass is 19.1. The van der Waals surface area contributed by atoms with Gasteiger partial charge in [-0.15, -0.1) is 0 Å². The first kappa shape index (κ1) is 23.0. The SMILES string of the molecule is COC(=O)N[C@H](COc1ccc(C#N)cc1)CN1C2CCC1CN(Cc1ccc(F)cc1)C2. The van der Waals surface area contributed by atoms with Crippen molar-refractivity contribution < 1.29 is 18.7 Å². The number of halogens is 1. The van der Waals surface area contributed by atoms with E-state index in [0.29, 0.717) is 36.5 Å². The van der Waals surface area contributed by atoms with Gasteiger partial charge >= 0.3 is 6.09 Å². The predicted octanol–water partition coefficient (Wildman–Crippen LogP) is 3.15. The normalized spacial score (nSPS) is 21.2. The number of carbonyl (C=O) groups is 1. The molecule has 2 saturated heterocycles. The quantitative estimate of drug-likeness (QED) is 0.663. The first-order chi connectivity index (χ1) is 16.0. The van der Waals surface area contributed by atoms with Crippen LogP contribution in [0.3, 0.4) is 0 Å². The monoisotopic (exact) mass is 452 g/mol. The minimum absolute atomic E-state index is 0.212. The molecular formula is C25H29FN4O3. The number of hydrogen-bond acceptors (Lipinski definition) is 6. The molecule has 2 aliphatic heterocycles. The van der Waals surface area contributed by atoms with Gasteiger partial charge in [0.1, 0.15) is 18.2 Å². The summed E-state index contributed by atoms with van der Waals surface area (Å²) in [5.41, 5.74) is 1.69. The third-order valence-electron chi connectivity index (χ3n) is 6.40.